The molecule has 5 nitrogen and oxygen atoms in total. The molecule has 25 heavy (non-hydrogen) atoms. The molecule has 0 aromatic carbocycles. The molecule has 0 spiro atoms. The Morgan fingerprint density at radius 3 is 2.72 bits per heavy atom. The maximum absolute atomic E-state index is 12.9. The van der Waals surface area contributed by atoms with Gasteiger partial charge >= 0.3 is 0 Å². The Labute approximate surface area is 152 Å². The first-order valence-corrected chi connectivity index (χ1v) is 9.92. The number of aromatic nitrogens is 2. The quantitative estimate of drug-likeness (QED) is 0.717. The lowest BCUT2D eigenvalue weighted by Crippen LogP contribution is -2.53. The third-order valence-electron chi connectivity index (χ3n) is 5.58. The summed E-state index contributed by atoms with van der Waals surface area (Å²) in [4.78, 5) is 17.1. The van der Waals surface area contributed by atoms with E-state index in [-0.39, 0.29) is 11.8 Å². The molecule has 5 heteroatoms. The average Bonchev–Trinajstić information content (AvgIpc) is 3.00. The van der Waals surface area contributed by atoms with E-state index in [4.69, 9.17) is 0 Å². The van der Waals surface area contributed by atoms with Gasteiger partial charge in [0.1, 0.15) is 11.4 Å². The van der Waals surface area contributed by atoms with Crippen molar-refractivity contribution in [2.45, 2.75) is 84.3 Å². The SMILES string of the molecule is Cc1nccn1CCNC(=O)C(O)(CCCC(C)C)C1CCCCC1. The van der Waals surface area contributed by atoms with Gasteiger partial charge in [-0.1, -0.05) is 39.5 Å². The molecule has 2 rings (SSSR count). The molecule has 1 aromatic heterocycles. The summed E-state index contributed by atoms with van der Waals surface area (Å²) >= 11 is 0. The highest BCUT2D eigenvalue weighted by atomic mass is 16.3. The van der Waals surface area contributed by atoms with E-state index in [9.17, 15) is 9.90 Å². The fourth-order valence-electron chi connectivity index (χ4n) is 3.95. The summed E-state index contributed by atoms with van der Waals surface area (Å²) in [6.07, 6.45) is 11.6. The van der Waals surface area contributed by atoms with Crippen LogP contribution in [0.15, 0.2) is 12.4 Å². The second-order valence-corrected chi connectivity index (χ2v) is 7.97. The Kier molecular flexibility index (Phi) is 7.48. The van der Waals surface area contributed by atoms with Gasteiger partial charge in [0.05, 0.1) is 0 Å². The van der Waals surface area contributed by atoms with Crippen LogP contribution in [0.25, 0.3) is 0 Å². The number of hydrogen-bond donors (Lipinski definition) is 2. The van der Waals surface area contributed by atoms with Crippen LogP contribution in [0.2, 0.25) is 0 Å². The van der Waals surface area contributed by atoms with Crippen LogP contribution in [-0.4, -0.2) is 32.7 Å². The van der Waals surface area contributed by atoms with Crippen LogP contribution in [0.1, 0.15) is 71.0 Å². The third kappa shape index (κ3) is 5.56. The van der Waals surface area contributed by atoms with Crippen molar-refractivity contribution in [3.63, 3.8) is 0 Å². The van der Waals surface area contributed by atoms with Crippen LogP contribution in [0.5, 0.6) is 0 Å². The van der Waals surface area contributed by atoms with Crippen molar-refractivity contribution in [3.05, 3.63) is 18.2 Å². The maximum atomic E-state index is 12.9. The molecule has 0 saturated heterocycles. The minimum atomic E-state index is -1.21. The predicted molar refractivity (Wildman–Crippen MR) is 100 cm³/mol. The topological polar surface area (TPSA) is 67.2 Å². The van der Waals surface area contributed by atoms with Gasteiger partial charge in [-0.2, -0.15) is 0 Å². The summed E-state index contributed by atoms with van der Waals surface area (Å²) in [5, 5.41) is 14.3. The molecule has 1 atom stereocenters. The van der Waals surface area contributed by atoms with E-state index < -0.39 is 5.60 Å². The Balaban J connectivity index is 1.94. The molecule has 1 aliphatic carbocycles. The molecule has 0 radical (unpaired) electrons. The molecule has 2 N–H and O–H groups in total. The fraction of sp³-hybridized carbons (Fsp3) is 0.800. The van der Waals surface area contributed by atoms with E-state index in [0.29, 0.717) is 25.4 Å². The standard InChI is InChI=1S/C20H35N3O2/c1-16(2)8-7-11-20(25,18-9-5-4-6-10-18)19(24)22-13-15-23-14-12-21-17(23)3/h12,14,16,18,25H,4-11,13,15H2,1-3H3,(H,22,24). The van der Waals surface area contributed by atoms with Crippen molar-refractivity contribution in [2.24, 2.45) is 11.8 Å². The molecule has 1 unspecified atom stereocenters. The number of aryl methyl sites for hydroxylation is 1. The normalized spacial score (nSPS) is 18.3. The van der Waals surface area contributed by atoms with Crippen molar-refractivity contribution in [1.82, 2.24) is 14.9 Å². The van der Waals surface area contributed by atoms with Gasteiger partial charge in [-0.15, -0.1) is 0 Å². The van der Waals surface area contributed by atoms with E-state index in [1.54, 1.807) is 6.20 Å². The lowest BCUT2D eigenvalue weighted by Gasteiger charge is -2.37. The van der Waals surface area contributed by atoms with Gasteiger partial charge in [0, 0.05) is 25.5 Å². The van der Waals surface area contributed by atoms with Gasteiger partial charge < -0.3 is 15.0 Å². The zero-order chi connectivity index (χ0) is 18.3. The lowest BCUT2D eigenvalue weighted by atomic mass is 9.73. The first-order valence-electron chi connectivity index (χ1n) is 9.92. The second-order valence-electron chi connectivity index (χ2n) is 7.97. The number of rotatable bonds is 9. The van der Waals surface area contributed by atoms with E-state index in [1.807, 2.05) is 17.7 Å². The van der Waals surface area contributed by atoms with Crippen LogP contribution in [0, 0.1) is 18.8 Å². The smallest absolute Gasteiger partial charge is 0.252 e. The van der Waals surface area contributed by atoms with E-state index in [2.05, 4.69) is 24.1 Å². The molecular weight excluding hydrogens is 314 g/mol. The molecule has 0 aliphatic heterocycles. The number of hydrogen-bond acceptors (Lipinski definition) is 3. The number of nitrogens with one attached hydrogen (secondary N) is 1. The third-order valence-corrected chi connectivity index (χ3v) is 5.58. The summed E-state index contributed by atoms with van der Waals surface area (Å²) in [5.74, 6) is 1.46. The highest BCUT2D eigenvalue weighted by Crippen LogP contribution is 2.36. The maximum Gasteiger partial charge on any atom is 0.252 e. The average molecular weight is 350 g/mol. The Morgan fingerprint density at radius 1 is 1.40 bits per heavy atom. The van der Waals surface area contributed by atoms with Crippen LogP contribution in [0.3, 0.4) is 0 Å². The number of imidazole rings is 1. The summed E-state index contributed by atoms with van der Waals surface area (Å²) in [6, 6.07) is 0. The van der Waals surface area contributed by atoms with Crippen molar-refractivity contribution in [2.75, 3.05) is 6.54 Å². The molecule has 142 valence electrons. The first-order chi connectivity index (χ1) is 11.9. The van der Waals surface area contributed by atoms with Crippen molar-refractivity contribution >= 4 is 5.91 Å². The van der Waals surface area contributed by atoms with Crippen LogP contribution >= 0.6 is 0 Å². The van der Waals surface area contributed by atoms with Crippen molar-refractivity contribution < 1.29 is 9.90 Å². The number of carbonyl (C=O) groups excluding carboxylic acids is 1. The molecule has 1 aromatic rings. The minimum absolute atomic E-state index is 0.100. The molecule has 1 amide bonds. The summed E-state index contributed by atoms with van der Waals surface area (Å²) in [5.41, 5.74) is -1.21. The van der Waals surface area contributed by atoms with Gasteiger partial charge in [0.25, 0.3) is 5.91 Å². The zero-order valence-electron chi connectivity index (χ0n) is 16.1. The second kappa shape index (κ2) is 9.37. The van der Waals surface area contributed by atoms with Gasteiger partial charge in [-0.3, -0.25) is 4.79 Å². The van der Waals surface area contributed by atoms with Crippen LogP contribution < -0.4 is 5.32 Å². The zero-order valence-corrected chi connectivity index (χ0v) is 16.1. The van der Waals surface area contributed by atoms with Crippen LogP contribution in [0.4, 0.5) is 0 Å². The van der Waals surface area contributed by atoms with E-state index >= 15 is 0 Å². The van der Waals surface area contributed by atoms with Crippen molar-refractivity contribution in [1.29, 1.82) is 0 Å². The number of carbonyl (C=O) groups is 1. The molecule has 1 aliphatic rings. The van der Waals surface area contributed by atoms with Crippen molar-refractivity contribution in [3.8, 4) is 0 Å². The highest BCUT2D eigenvalue weighted by molar-refractivity contribution is 5.85. The molecular formula is C20H35N3O2. The van der Waals surface area contributed by atoms with E-state index in [1.165, 1.54) is 6.42 Å². The molecule has 1 saturated carbocycles. The largest absolute Gasteiger partial charge is 0.380 e. The highest BCUT2D eigenvalue weighted by Gasteiger charge is 2.43. The van der Waals surface area contributed by atoms with E-state index in [0.717, 1.165) is 44.3 Å². The Bertz CT molecular complexity index is 535. The number of nitrogens with zero attached hydrogens (tertiary/aromatic N) is 2. The monoisotopic (exact) mass is 349 g/mol. The Morgan fingerprint density at radius 2 is 2.12 bits per heavy atom. The number of aliphatic hydroxyl groups is 1. The molecule has 0 bridgehead atoms. The van der Waals surface area contributed by atoms with Gasteiger partial charge in [0.15, 0.2) is 0 Å². The van der Waals surface area contributed by atoms with Gasteiger partial charge in [-0.25, -0.2) is 4.98 Å². The van der Waals surface area contributed by atoms with Crippen LogP contribution in [-0.2, 0) is 11.3 Å². The van der Waals surface area contributed by atoms with Gasteiger partial charge in [0.2, 0.25) is 0 Å². The minimum Gasteiger partial charge on any atom is -0.380 e. The summed E-state index contributed by atoms with van der Waals surface area (Å²) in [6.45, 7) is 7.53. The summed E-state index contributed by atoms with van der Waals surface area (Å²) in [7, 11) is 0. The Hall–Kier alpha value is -1.36. The van der Waals surface area contributed by atoms with Gasteiger partial charge in [-0.05, 0) is 44.4 Å². The predicted octanol–water partition coefficient (Wildman–Crippen LogP) is 3.45. The fourth-order valence-corrected chi connectivity index (χ4v) is 3.95. The lowest BCUT2D eigenvalue weighted by molar-refractivity contribution is -0.149. The number of amides is 1. The molecule has 1 fully saturated rings. The molecule has 1 heterocycles. The summed E-state index contributed by atoms with van der Waals surface area (Å²) < 4.78 is 2.01. The first kappa shape index (κ1) is 20.0.